The minimum absolute atomic E-state index is 0.244. The van der Waals surface area contributed by atoms with Crippen LogP contribution in [-0.4, -0.2) is 13.1 Å². The van der Waals surface area contributed by atoms with Crippen LogP contribution in [0.2, 0.25) is 5.02 Å². The molecule has 2 nitrogen and oxygen atoms in total. The third-order valence-corrected chi connectivity index (χ3v) is 3.20. The standard InChI is InChI=1S/C13H12ClFN2/c14-11-2-1-3-12(15)13(11)10(8-16)9-4-6-17-7-5-9/h1-3,17H,4-7H2. The predicted molar refractivity (Wildman–Crippen MR) is 66.0 cm³/mol. The van der Waals surface area contributed by atoms with Gasteiger partial charge in [-0.1, -0.05) is 17.7 Å². The molecule has 0 bridgehead atoms. The second kappa shape index (κ2) is 5.31. The van der Waals surface area contributed by atoms with Gasteiger partial charge in [0.25, 0.3) is 0 Å². The number of benzene rings is 1. The number of nitrogens with one attached hydrogen (secondary N) is 1. The van der Waals surface area contributed by atoms with Crippen LogP contribution < -0.4 is 5.32 Å². The van der Waals surface area contributed by atoms with E-state index in [-0.39, 0.29) is 5.56 Å². The predicted octanol–water partition coefficient (Wildman–Crippen LogP) is 3.14. The topological polar surface area (TPSA) is 35.8 Å². The molecule has 4 heteroatoms. The van der Waals surface area contributed by atoms with Crippen molar-refractivity contribution in [3.8, 4) is 6.07 Å². The van der Waals surface area contributed by atoms with Gasteiger partial charge < -0.3 is 5.32 Å². The van der Waals surface area contributed by atoms with Crippen molar-refractivity contribution in [2.24, 2.45) is 0 Å². The van der Waals surface area contributed by atoms with Gasteiger partial charge in [-0.25, -0.2) is 4.39 Å². The number of nitrogens with zero attached hydrogens (tertiary/aromatic N) is 1. The molecule has 0 radical (unpaired) electrons. The SMILES string of the molecule is N#CC(=C1CCNCC1)c1c(F)cccc1Cl. The lowest BCUT2D eigenvalue weighted by Gasteiger charge is -2.18. The number of hydrogen-bond acceptors (Lipinski definition) is 2. The van der Waals surface area contributed by atoms with Crippen LogP contribution in [0.3, 0.4) is 0 Å². The Hall–Kier alpha value is -1.37. The van der Waals surface area contributed by atoms with Gasteiger partial charge in [0.05, 0.1) is 16.7 Å². The molecular formula is C13H12ClFN2. The summed E-state index contributed by atoms with van der Waals surface area (Å²) in [7, 11) is 0. The van der Waals surface area contributed by atoms with Gasteiger partial charge in [-0.3, -0.25) is 0 Å². The molecule has 1 aliphatic rings. The maximum atomic E-state index is 13.8. The highest BCUT2D eigenvalue weighted by Gasteiger charge is 2.17. The summed E-state index contributed by atoms with van der Waals surface area (Å²) in [6.07, 6.45) is 1.54. The quantitative estimate of drug-likeness (QED) is 0.778. The molecule has 17 heavy (non-hydrogen) atoms. The first-order valence-corrected chi connectivity index (χ1v) is 5.89. The van der Waals surface area contributed by atoms with Crippen molar-refractivity contribution in [1.29, 1.82) is 5.26 Å². The van der Waals surface area contributed by atoms with E-state index in [0.29, 0.717) is 10.6 Å². The zero-order valence-corrected chi connectivity index (χ0v) is 10.0. The monoisotopic (exact) mass is 250 g/mol. The van der Waals surface area contributed by atoms with Crippen LogP contribution in [0.25, 0.3) is 5.57 Å². The van der Waals surface area contributed by atoms with E-state index in [4.69, 9.17) is 11.6 Å². The first-order valence-electron chi connectivity index (χ1n) is 5.51. The van der Waals surface area contributed by atoms with Gasteiger partial charge in [-0.2, -0.15) is 5.26 Å². The van der Waals surface area contributed by atoms with E-state index >= 15 is 0 Å². The summed E-state index contributed by atoms with van der Waals surface area (Å²) in [4.78, 5) is 0. The summed E-state index contributed by atoms with van der Waals surface area (Å²) in [6, 6.07) is 6.59. The van der Waals surface area contributed by atoms with Crippen molar-refractivity contribution in [3.05, 3.63) is 40.2 Å². The van der Waals surface area contributed by atoms with E-state index in [1.54, 1.807) is 12.1 Å². The molecule has 1 aromatic carbocycles. The number of rotatable bonds is 1. The first kappa shape index (κ1) is 12.1. The van der Waals surface area contributed by atoms with E-state index in [1.165, 1.54) is 6.07 Å². The van der Waals surface area contributed by atoms with Crippen LogP contribution in [0.5, 0.6) is 0 Å². The van der Waals surface area contributed by atoms with Crippen molar-refractivity contribution in [1.82, 2.24) is 5.32 Å². The minimum atomic E-state index is -0.430. The Balaban J connectivity index is 2.53. The summed E-state index contributed by atoms with van der Waals surface area (Å²) in [5.74, 6) is -0.430. The summed E-state index contributed by atoms with van der Waals surface area (Å²) in [5.41, 5.74) is 1.63. The van der Waals surface area contributed by atoms with E-state index in [1.807, 2.05) is 0 Å². The van der Waals surface area contributed by atoms with Gasteiger partial charge in [0, 0.05) is 5.56 Å². The summed E-state index contributed by atoms with van der Waals surface area (Å²) >= 11 is 5.98. The molecule has 0 spiro atoms. The summed E-state index contributed by atoms with van der Waals surface area (Å²) in [6.45, 7) is 1.65. The smallest absolute Gasteiger partial charge is 0.133 e. The largest absolute Gasteiger partial charge is 0.316 e. The number of hydrogen-bond donors (Lipinski definition) is 1. The molecule has 1 heterocycles. The second-order valence-electron chi connectivity index (χ2n) is 3.94. The lowest BCUT2D eigenvalue weighted by atomic mass is 9.94. The van der Waals surface area contributed by atoms with Gasteiger partial charge in [-0.05, 0) is 43.6 Å². The number of nitriles is 1. The Morgan fingerprint density at radius 3 is 2.65 bits per heavy atom. The molecular weight excluding hydrogens is 239 g/mol. The lowest BCUT2D eigenvalue weighted by molar-refractivity contribution is 0.608. The van der Waals surface area contributed by atoms with E-state index in [0.717, 1.165) is 31.5 Å². The Morgan fingerprint density at radius 2 is 2.06 bits per heavy atom. The van der Waals surface area contributed by atoms with Crippen LogP contribution in [0, 0.1) is 17.1 Å². The Morgan fingerprint density at radius 1 is 1.35 bits per heavy atom. The van der Waals surface area contributed by atoms with Gasteiger partial charge >= 0.3 is 0 Å². The van der Waals surface area contributed by atoms with Crippen LogP contribution in [0.4, 0.5) is 4.39 Å². The Bertz CT molecular complexity index is 474. The van der Waals surface area contributed by atoms with Crippen LogP contribution in [-0.2, 0) is 0 Å². The highest BCUT2D eigenvalue weighted by molar-refractivity contribution is 6.32. The maximum Gasteiger partial charge on any atom is 0.133 e. The molecule has 88 valence electrons. The lowest BCUT2D eigenvalue weighted by Crippen LogP contribution is -2.23. The van der Waals surface area contributed by atoms with Gasteiger partial charge in [0.15, 0.2) is 0 Å². The molecule has 1 fully saturated rings. The molecule has 0 amide bonds. The minimum Gasteiger partial charge on any atom is -0.316 e. The molecule has 0 atom stereocenters. The average molecular weight is 251 g/mol. The van der Waals surface area contributed by atoms with Gasteiger partial charge in [0.1, 0.15) is 5.82 Å². The molecule has 0 saturated carbocycles. The Kier molecular flexibility index (Phi) is 3.78. The molecule has 0 aromatic heterocycles. The Labute approximate surface area is 105 Å². The fourth-order valence-electron chi connectivity index (χ4n) is 2.03. The van der Waals surface area contributed by atoms with Crippen molar-refractivity contribution >= 4 is 17.2 Å². The molecule has 0 unspecified atom stereocenters. The van der Waals surface area contributed by atoms with Crippen molar-refractivity contribution in [3.63, 3.8) is 0 Å². The number of halogens is 2. The van der Waals surface area contributed by atoms with Crippen molar-refractivity contribution in [2.45, 2.75) is 12.8 Å². The molecule has 1 saturated heterocycles. The zero-order chi connectivity index (χ0) is 12.3. The average Bonchev–Trinajstić information content (AvgIpc) is 2.35. The van der Waals surface area contributed by atoms with Crippen molar-refractivity contribution < 1.29 is 4.39 Å². The third-order valence-electron chi connectivity index (χ3n) is 2.89. The zero-order valence-electron chi connectivity index (χ0n) is 9.26. The second-order valence-corrected chi connectivity index (χ2v) is 4.34. The molecule has 2 rings (SSSR count). The molecule has 0 aliphatic carbocycles. The van der Waals surface area contributed by atoms with Gasteiger partial charge in [-0.15, -0.1) is 0 Å². The van der Waals surface area contributed by atoms with E-state index in [9.17, 15) is 9.65 Å². The fourth-order valence-corrected chi connectivity index (χ4v) is 2.28. The van der Waals surface area contributed by atoms with E-state index in [2.05, 4.69) is 11.4 Å². The molecule has 1 aliphatic heterocycles. The third kappa shape index (κ3) is 2.49. The fraction of sp³-hybridized carbons (Fsp3) is 0.308. The normalized spacial score (nSPS) is 15.5. The number of piperidine rings is 1. The summed E-state index contributed by atoms with van der Waals surface area (Å²) < 4.78 is 13.8. The van der Waals surface area contributed by atoms with Gasteiger partial charge in [0.2, 0.25) is 0 Å². The highest BCUT2D eigenvalue weighted by Crippen LogP contribution is 2.31. The van der Waals surface area contributed by atoms with Crippen LogP contribution >= 0.6 is 11.6 Å². The number of allylic oxidation sites excluding steroid dienone is 1. The maximum absolute atomic E-state index is 13.8. The van der Waals surface area contributed by atoms with Crippen molar-refractivity contribution in [2.75, 3.05) is 13.1 Å². The molecule has 1 N–H and O–H groups in total. The molecule has 1 aromatic rings. The summed E-state index contributed by atoms with van der Waals surface area (Å²) in [5, 5.41) is 12.7. The first-order chi connectivity index (χ1) is 8.24. The van der Waals surface area contributed by atoms with Crippen LogP contribution in [0.1, 0.15) is 18.4 Å². The van der Waals surface area contributed by atoms with Crippen LogP contribution in [0.15, 0.2) is 23.8 Å². The highest BCUT2D eigenvalue weighted by atomic mass is 35.5. The van der Waals surface area contributed by atoms with E-state index < -0.39 is 5.82 Å².